The Morgan fingerprint density at radius 1 is 1.32 bits per heavy atom. The predicted octanol–water partition coefficient (Wildman–Crippen LogP) is 1.46. The molecule has 0 saturated carbocycles. The summed E-state index contributed by atoms with van der Waals surface area (Å²) in [4.78, 5) is 26.5. The molecule has 2 saturated heterocycles. The summed E-state index contributed by atoms with van der Waals surface area (Å²) in [6, 6.07) is 3.90. The maximum atomic E-state index is 12.5. The zero-order valence-corrected chi connectivity index (χ0v) is 13.9. The Bertz CT molecular complexity index is 728. The quantitative estimate of drug-likeness (QED) is 0.839. The third-order valence-corrected chi connectivity index (χ3v) is 4.77. The number of pyridine rings is 1. The molecule has 2 aromatic rings. The second-order valence-electron chi connectivity index (χ2n) is 6.56. The van der Waals surface area contributed by atoms with E-state index in [1.165, 1.54) is 12.4 Å². The molecular weight excluding hydrogens is 320 g/mol. The van der Waals surface area contributed by atoms with Gasteiger partial charge in [-0.1, -0.05) is 6.07 Å². The van der Waals surface area contributed by atoms with Crippen LogP contribution in [0.15, 0.2) is 43.1 Å². The number of ether oxygens (including phenoxy) is 2. The molecule has 2 aliphatic heterocycles. The molecule has 130 valence electrons. The standard InChI is InChI=1S/C18H20N4O3/c23-17(16-10-20-5-6-21-16)22-7-3-18(13-22)8-15(12-25-18)24-11-14-2-1-4-19-9-14/h1-2,4-6,9-10,15H,3,7-8,11-13H2. The molecule has 25 heavy (non-hydrogen) atoms. The van der Waals surface area contributed by atoms with E-state index in [-0.39, 0.29) is 17.6 Å². The largest absolute Gasteiger partial charge is 0.371 e. The maximum absolute atomic E-state index is 12.5. The summed E-state index contributed by atoms with van der Waals surface area (Å²) in [6.07, 6.45) is 9.83. The molecule has 0 bridgehead atoms. The molecule has 0 aromatic carbocycles. The van der Waals surface area contributed by atoms with Crippen LogP contribution in [0.3, 0.4) is 0 Å². The van der Waals surface area contributed by atoms with Crippen molar-refractivity contribution in [2.75, 3.05) is 19.7 Å². The van der Waals surface area contributed by atoms with Gasteiger partial charge in [0, 0.05) is 37.8 Å². The van der Waals surface area contributed by atoms with Crippen molar-refractivity contribution in [1.29, 1.82) is 0 Å². The van der Waals surface area contributed by atoms with E-state index in [4.69, 9.17) is 9.47 Å². The first kappa shape index (κ1) is 16.1. The summed E-state index contributed by atoms with van der Waals surface area (Å²) in [5, 5.41) is 0. The zero-order chi connectivity index (χ0) is 17.1. The van der Waals surface area contributed by atoms with Crippen LogP contribution in [0.4, 0.5) is 0 Å². The van der Waals surface area contributed by atoms with E-state index >= 15 is 0 Å². The topological polar surface area (TPSA) is 77.4 Å². The van der Waals surface area contributed by atoms with Gasteiger partial charge in [-0.25, -0.2) is 4.98 Å². The van der Waals surface area contributed by atoms with E-state index in [0.717, 1.165) is 18.4 Å². The third kappa shape index (κ3) is 3.52. The summed E-state index contributed by atoms with van der Waals surface area (Å²) in [7, 11) is 0. The molecule has 1 spiro atoms. The molecule has 0 radical (unpaired) electrons. The number of nitrogens with zero attached hydrogens (tertiary/aromatic N) is 4. The third-order valence-electron chi connectivity index (χ3n) is 4.77. The molecule has 2 aliphatic rings. The minimum absolute atomic E-state index is 0.0479. The van der Waals surface area contributed by atoms with Gasteiger partial charge in [0.25, 0.3) is 5.91 Å². The SMILES string of the molecule is O=C(c1cnccn1)N1CCC2(CC(OCc3cccnc3)CO2)C1. The summed E-state index contributed by atoms with van der Waals surface area (Å²) in [5.41, 5.74) is 1.13. The number of carbonyl (C=O) groups excluding carboxylic acids is 1. The normalized spacial score (nSPS) is 25.6. The van der Waals surface area contributed by atoms with Crippen molar-refractivity contribution >= 4 is 5.91 Å². The van der Waals surface area contributed by atoms with Gasteiger partial charge in [-0.2, -0.15) is 0 Å². The van der Waals surface area contributed by atoms with Crippen molar-refractivity contribution in [1.82, 2.24) is 19.9 Å². The van der Waals surface area contributed by atoms with Gasteiger partial charge in [0.2, 0.25) is 0 Å². The van der Waals surface area contributed by atoms with E-state index in [0.29, 0.717) is 32.0 Å². The van der Waals surface area contributed by atoms with Crippen molar-refractivity contribution in [3.05, 3.63) is 54.4 Å². The lowest BCUT2D eigenvalue weighted by molar-refractivity contribution is 0.000214. The van der Waals surface area contributed by atoms with Crippen LogP contribution in [-0.4, -0.2) is 57.2 Å². The molecule has 7 heteroatoms. The lowest BCUT2D eigenvalue weighted by atomic mass is 9.98. The van der Waals surface area contributed by atoms with Gasteiger partial charge in [-0.15, -0.1) is 0 Å². The fourth-order valence-electron chi connectivity index (χ4n) is 3.48. The fraction of sp³-hybridized carbons (Fsp3) is 0.444. The Morgan fingerprint density at radius 3 is 3.04 bits per heavy atom. The Balaban J connectivity index is 1.33. The van der Waals surface area contributed by atoms with Crippen LogP contribution in [0.5, 0.6) is 0 Å². The highest BCUT2D eigenvalue weighted by atomic mass is 16.6. The Labute approximate surface area is 146 Å². The Kier molecular flexibility index (Phi) is 4.42. The molecule has 2 atom stereocenters. The molecule has 4 rings (SSSR count). The smallest absolute Gasteiger partial charge is 0.274 e. The van der Waals surface area contributed by atoms with Crippen molar-refractivity contribution in [3.8, 4) is 0 Å². The first-order chi connectivity index (χ1) is 12.2. The minimum atomic E-state index is -0.294. The summed E-state index contributed by atoms with van der Waals surface area (Å²) < 4.78 is 12.0. The van der Waals surface area contributed by atoms with Crippen LogP contribution >= 0.6 is 0 Å². The lowest BCUT2D eigenvalue weighted by Crippen LogP contribution is -2.36. The molecule has 2 aromatic heterocycles. The van der Waals surface area contributed by atoms with Crippen LogP contribution < -0.4 is 0 Å². The average Bonchev–Trinajstić information content (AvgIpc) is 3.28. The highest BCUT2D eigenvalue weighted by Gasteiger charge is 2.47. The van der Waals surface area contributed by atoms with Gasteiger partial charge < -0.3 is 14.4 Å². The fourth-order valence-corrected chi connectivity index (χ4v) is 3.48. The first-order valence-electron chi connectivity index (χ1n) is 8.44. The minimum Gasteiger partial charge on any atom is -0.371 e. The molecule has 0 aliphatic carbocycles. The molecular formula is C18H20N4O3. The van der Waals surface area contributed by atoms with Crippen molar-refractivity contribution < 1.29 is 14.3 Å². The number of rotatable bonds is 4. The zero-order valence-electron chi connectivity index (χ0n) is 13.9. The number of hydrogen-bond donors (Lipinski definition) is 0. The Hall–Kier alpha value is -2.38. The van der Waals surface area contributed by atoms with Gasteiger partial charge in [0.15, 0.2) is 0 Å². The van der Waals surface area contributed by atoms with Gasteiger partial charge in [-0.05, 0) is 18.1 Å². The monoisotopic (exact) mass is 340 g/mol. The van der Waals surface area contributed by atoms with Crippen molar-refractivity contribution in [2.24, 2.45) is 0 Å². The van der Waals surface area contributed by atoms with Crippen LogP contribution in [0, 0.1) is 0 Å². The molecule has 0 N–H and O–H groups in total. The highest BCUT2D eigenvalue weighted by molar-refractivity contribution is 5.92. The van der Waals surface area contributed by atoms with Crippen LogP contribution in [0.1, 0.15) is 28.9 Å². The van der Waals surface area contributed by atoms with E-state index in [1.54, 1.807) is 17.3 Å². The summed E-state index contributed by atoms with van der Waals surface area (Å²) in [5.74, 6) is -0.0895. The maximum Gasteiger partial charge on any atom is 0.274 e. The van der Waals surface area contributed by atoms with E-state index in [9.17, 15) is 4.79 Å². The first-order valence-corrected chi connectivity index (χ1v) is 8.44. The highest BCUT2D eigenvalue weighted by Crippen LogP contribution is 2.36. The van der Waals surface area contributed by atoms with Gasteiger partial charge in [0.05, 0.1) is 37.7 Å². The predicted molar refractivity (Wildman–Crippen MR) is 88.7 cm³/mol. The lowest BCUT2D eigenvalue weighted by Gasteiger charge is -2.23. The van der Waals surface area contributed by atoms with Gasteiger partial charge >= 0.3 is 0 Å². The van der Waals surface area contributed by atoms with Crippen LogP contribution in [-0.2, 0) is 16.1 Å². The molecule has 4 heterocycles. The van der Waals surface area contributed by atoms with E-state index in [1.807, 2.05) is 18.3 Å². The molecule has 2 unspecified atom stereocenters. The number of likely N-dealkylation sites (tertiary alicyclic amines) is 1. The number of aromatic nitrogens is 3. The second-order valence-corrected chi connectivity index (χ2v) is 6.56. The van der Waals surface area contributed by atoms with E-state index in [2.05, 4.69) is 15.0 Å². The molecule has 2 fully saturated rings. The van der Waals surface area contributed by atoms with E-state index < -0.39 is 0 Å². The number of hydrogen-bond acceptors (Lipinski definition) is 6. The Morgan fingerprint density at radius 2 is 2.24 bits per heavy atom. The number of amides is 1. The van der Waals surface area contributed by atoms with Crippen molar-refractivity contribution in [2.45, 2.75) is 31.2 Å². The second kappa shape index (κ2) is 6.85. The van der Waals surface area contributed by atoms with Crippen LogP contribution in [0.25, 0.3) is 0 Å². The summed E-state index contributed by atoms with van der Waals surface area (Å²) in [6.45, 7) is 2.34. The van der Waals surface area contributed by atoms with Crippen molar-refractivity contribution in [3.63, 3.8) is 0 Å². The molecule has 7 nitrogen and oxygen atoms in total. The van der Waals surface area contributed by atoms with Gasteiger partial charge in [-0.3, -0.25) is 14.8 Å². The average molecular weight is 340 g/mol. The van der Waals surface area contributed by atoms with Gasteiger partial charge in [0.1, 0.15) is 5.69 Å². The molecule has 1 amide bonds. The summed E-state index contributed by atoms with van der Waals surface area (Å²) >= 11 is 0. The number of carbonyl (C=O) groups is 1. The van der Waals surface area contributed by atoms with Crippen LogP contribution in [0.2, 0.25) is 0 Å².